The zero-order valence-corrected chi connectivity index (χ0v) is 9.03. The summed E-state index contributed by atoms with van der Waals surface area (Å²) in [5.74, 6) is 2.19. The van der Waals surface area contributed by atoms with Crippen LogP contribution in [0, 0.1) is 0 Å². The van der Waals surface area contributed by atoms with Crippen molar-refractivity contribution in [1.82, 2.24) is 0 Å². The Kier molecular flexibility index (Phi) is 3.11. The van der Waals surface area contributed by atoms with Crippen LogP contribution in [0.5, 0.6) is 11.5 Å². The molecule has 0 bridgehead atoms. The van der Waals surface area contributed by atoms with Crippen LogP contribution >= 0.6 is 0 Å². The van der Waals surface area contributed by atoms with E-state index in [9.17, 15) is 0 Å². The van der Waals surface area contributed by atoms with E-state index in [0.717, 1.165) is 24.5 Å². The SMILES string of the molecule is CC(CCN)c1ccc2c(c1)OCCO2. The Bertz CT molecular complexity index is 338. The predicted molar refractivity (Wildman–Crippen MR) is 59.5 cm³/mol. The molecule has 0 spiro atoms. The van der Waals surface area contributed by atoms with Gasteiger partial charge in [0, 0.05) is 0 Å². The van der Waals surface area contributed by atoms with Crippen LogP contribution in [0.2, 0.25) is 0 Å². The molecule has 2 N–H and O–H groups in total. The molecular formula is C12H17NO2. The first-order valence-electron chi connectivity index (χ1n) is 5.41. The molecule has 0 radical (unpaired) electrons. The summed E-state index contributed by atoms with van der Waals surface area (Å²) in [6, 6.07) is 6.14. The van der Waals surface area contributed by atoms with E-state index in [1.54, 1.807) is 0 Å². The lowest BCUT2D eigenvalue weighted by atomic mass is 9.97. The maximum atomic E-state index is 5.55. The van der Waals surface area contributed by atoms with E-state index in [0.29, 0.717) is 19.1 Å². The van der Waals surface area contributed by atoms with Crippen LogP contribution < -0.4 is 15.2 Å². The van der Waals surface area contributed by atoms with Crippen LogP contribution in [0.15, 0.2) is 18.2 Å². The van der Waals surface area contributed by atoms with Gasteiger partial charge in [-0.3, -0.25) is 0 Å². The molecular weight excluding hydrogens is 190 g/mol. The Morgan fingerprint density at radius 2 is 2.00 bits per heavy atom. The van der Waals surface area contributed by atoms with Gasteiger partial charge >= 0.3 is 0 Å². The average Bonchev–Trinajstić information content (AvgIpc) is 2.29. The van der Waals surface area contributed by atoms with Gasteiger partial charge in [-0.05, 0) is 36.6 Å². The van der Waals surface area contributed by atoms with Gasteiger partial charge in [0.05, 0.1) is 0 Å². The highest BCUT2D eigenvalue weighted by atomic mass is 16.6. The predicted octanol–water partition coefficient (Wildman–Crippen LogP) is 1.91. The van der Waals surface area contributed by atoms with E-state index >= 15 is 0 Å². The number of hydrogen-bond donors (Lipinski definition) is 1. The van der Waals surface area contributed by atoms with Crippen molar-refractivity contribution in [1.29, 1.82) is 0 Å². The summed E-state index contributed by atoms with van der Waals surface area (Å²) in [5, 5.41) is 0. The molecule has 0 amide bonds. The van der Waals surface area contributed by atoms with Crippen LogP contribution in [-0.2, 0) is 0 Å². The first-order chi connectivity index (χ1) is 7.31. The fourth-order valence-electron chi connectivity index (χ4n) is 1.78. The molecule has 3 nitrogen and oxygen atoms in total. The highest BCUT2D eigenvalue weighted by Crippen LogP contribution is 2.33. The van der Waals surface area contributed by atoms with Gasteiger partial charge in [0.15, 0.2) is 11.5 Å². The molecule has 3 heteroatoms. The third kappa shape index (κ3) is 2.23. The third-order valence-electron chi connectivity index (χ3n) is 2.73. The highest BCUT2D eigenvalue weighted by molar-refractivity contribution is 5.44. The third-order valence-corrected chi connectivity index (χ3v) is 2.73. The Balaban J connectivity index is 2.20. The molecule has 1 aromatic carbocycles. The summed E-state index contributed by atoms with van der Waals surface area (Å²) >= 11 is 0. The van der Waals surface area contributed by atoms with Gasteiger partial charge in [-0.1, -0.05) is 13.0 Å². The summed E-state index contributed by atoms with van der Waals surface area (Å²) in [4.78, 5) is 0. The van der Waals surface area contributed by atoms with E-state index in [4.69, 9.17) is 15.2 Å². The molecule has 1 atom stereocenters. The summed E-state index contributed by atoms with van der Waals surface area (Å²) in [7, 11) is 0. The van der Waals surface area contributed by atoms with E-state index < -0.39 is 0 Å². The second-order valence-electron chi connectivity index (χ2n) is 3.88. The number of hydrogen-bond acceptors (Lipinski definition) is 3. The van der Waals surface area contributed by atoms with Gasteiger partial charge in [0.25, 0.3) is 0 Å². The summed E-state index contributed by atoms with van der Waals surface area (Å²) in [6.07, 6.45) is 1.000. The van der Waals surface area contributed by atoms with Crippen LogP contribution in [0.25, 0.3) is 0 Å². The van der Waals surface area contributed by atoms with Gasteiger partial charge in [0.2, 0.25) is 0 Å². The van der Waals surface area contributed by atoms with Crippen LogP contribution in [-0.4, -0.2) is 19.8 Å². The lowest BCUT2D eigenvalue weighted by molar-refractivity contribution is 0.171. The Morgan fingerprint density at radius 1 is 1.27 bits per heavy atom. The second kappa shape index (κ2) is 4.53. The number of rotatable bonds is 3. The van der Waals surface area contributed by atoms with Crippen molar-refractivity contribution in [3.63, 3.8) is 0 Å². The van der Waals surface area contributed by atoms with Crippen molar-refractivity contribution in [3.05, 3.63) is 23.8 Å². The minimum Gasteiger partial charge on any atom is -0.486 e. The molecule has 0 aromatic heterocycles. The minimum absolute atomic E-state index is 0.478. The maximum Gasteiger partial charge on any atom is 0.161 e. The Hall–Kier alpha value is -1.22. The highest BCUT2D eigenvalue weighted by Gasteiger charge is 2.13. The summed E-state index contributed by atoms with van der Waals surface area (Å²) in [5.41, 5.74) is 6.82. The molecule has 2 rings (SSSR count). The fourth-order valence-corrected chi connectivity index (χ4v) is 1.78. The Morgan fingerprint density at radius 3 is 2.73 bits per heavy atom. The zero-order chi connectivity index (χ0) is 10.7. The van der Waals surface area contributed by atoms with Crippen molar-refractivity contribution in [3.8, 4) is 11.5 Å². The normalized spacial score (nSPS) is 16.1. The minimum atomic E-state index is 0.478. The fraction of sp³-hybridized carbons (Fsp3) is 0.500. The van der Waals surface area contributed by atoms with Crippen LogP contribution in [0.4, 0.5) is 0 Å². The number of fused-ring (bicyclic) bond motifs is 1. The van der Waals surface area contributed by atoms with Crippen molar-refractivity contribution in [2.24, 2.45) is 5.73 Å². The molecule has 1 heterocycles. The van der Waals surface area contributed by atoms with Gasteiger partial charge in [-0.2, -0.15) is 0 Å². The van der Waals surface area contributed by atoms with Crippen LogP contribution in [0.3, 0.4) is 0 Å². The van der Waals surface area contributed by atoms with Gasteiger partial charge in [-0.15, -0.1) is 0 Å². The molecule has 0 aliphatic carbocycles. The van der Waals surface area contributed by atoms with E-state index in [1.165, 1.54) is 5.56 Å². The van der Waals surface area contributed by atoms with Gasteiger partial charge in [0.1, 0.15) is 13.2 Å². The Labute approximate surface area is 90.2 Å². The van der Waals surface area contributed by atoms with Gasteiger partial charge < -0.3 is 15.2 Å². The first kappa shape index (κ1) is 10.3. The zero-order valence-electron chi connectivity index (χ0n) is 9.03. The molecule has 1 aliphatic rings. The lowest BCUT2D eigenvalue weighted by Gasteiger charge is -2.20. The van der Waals surface area contributed by atoms with E-state index in [1.807, 2.05) is 6.07 Å². The summed E-state index contributed by atoms with van der Waals surface area (Å²) < 4.78 is 11.0. The average molecular weight is 207 g/mol. The van der Waals surface area contributed by atoms with E-state index in [-0.39, 0.29) is 0 Å². The number of ether oxygens (including phenoxy) is 2. The quantitative estimate of drug-likeness (QED) is 0.823. The molecule has 1 aromatic rings. The lowest BCUT2D eigenvalue weighted by Crippen LogP contribution is -2.15. The topological polar surface area (TPSA) is 44.5 Å². The monoisotopic (exact) mass is 207 g/mol. The standard InChI is InChI=1S/C12H17NO2/c1-9(4-5-13)10-2-3-11-12(8-10)15-7-6-14-11/h2-3,8-9H,4-7,13H2,1H3. The number of nitrogens with two attached hydrogens (primary N) is 1. The van der Waals surface area contributed by atoms with E-state index in [2.05, 4.69) is 19.1 Å². The number of benzene rings is 1. The van der Waals surface area contributed by atoms with Crippen molar-refractivity contribution < 1.29 is 9.47 Å². The maximum absolute atomic E-state index is 5.55. The van der Waals surface area contributed by atoms with Crippen molar-refractivity contribution in [2.75, 3.05) is 19.8 Å². The van der Waals surface area contributed by atoms with Crippen molar-refractivity contribution >= 4 is 0 Å². The molecule has 82 valence electrons. The van der Waals surface area contributed by atoms with Gasteiger partial charge in [-0.25, -0.2) is 0 Å². The molecule has 1 aliphatic heterocycles. The molecule has 1 unspecified atom stereocenters. The summed E-state index contributed by atoms with van der Waals surface area (Å²) in [6.45, 7) is 4.18. The smallest absolute Gasteiger partial charge is 0.161 e. The van der Waals surface area contributed by atoms with Crippen molar-refractivity contribution in [2.45, 2.75) is 19.3 Å². The van der Waals surface area contributed by atoms with Crippen LogP contribution in [0.1, 0.15) is 24.8 Å². The molecule has 0 saturated heterocycles. The molecule has 15 heavy (non-hydrogen) atoms. The molecule has 0 fully saturated rings. The largest absolute Gasteiger partial charge is 0.486 e. The first-order valence-corrected chi connectivity index (χ1v) is 5.41. The molecule has 0 saturated carbocycles. The second-order valence-corrected chi connectivity index (χ2v) is 3.88.